The van der Waals surface area contributed by atoms with Crippen LogP contribution < -0.4 is 5.32 Å². The zero-order chi connectivity index (χ0) is 15.7. The molecule has 48 valence electrons. The summed E-state index contributed by atoms with van der Waals surface area (Å²) in [6, 6.07) is 0. The molecule has 0 radical (unpaired) electrons. The van der Waals surface area contributed by atoms with Gasteiger partial charge in [0.15, 0.2) is 0 Å². The Hall–Kier alpha value is -0.0800. The maximum Gasteiger partial charge on any atom is 0.104 e. The van der Waals surface area contributed by atoms with Crippen LogP contribution in [0.3, 0.4) is 0 Å². The zero-order valence-corrected chi connectivity index (χ0v) is 3.95. The fraction of sp³-hybridized carbons (Fsp3) is 1.00. The molecule has 2 atom stereocenters. The Bertz CT molecular complexity index is 387. The van der Waals surface area contributed by atoms with E-state index in [2.05, 4.69) is 0 Å². The smallest absolute Gasteiger partial charge is 0.104 e. The molecule has 1 fully saturated rings. The predicted octanol–water partition coefficient (Wildman–Crippen LogP) is 0.324. The molecule has 0 aliphatic carbocycles. The summed E-state index contributed by atoms with van der Waals surface area (Å²) in [4.78, 5) is 0. The van der Waals surface area contributed by atoms with Crippen molar-refractivity contribution in [2.45, 2.75) is 25.8 Å². The minimum atomic E-state index is -3.66. The largest absolute Gasteiger partial charge is 0.379 e. The first-order valence-electron chi connectivity index (χ1n) is 7.47. The average molecular weight is 126 g/mol. The number of hydrogen-bond acceptors (Lipinski definition) is 2. The van der Waals surface area contributed by atoms with Crippen LogP contribution >= 0.6 is 0 Å². The summed E-state index contributed by atoms with van der Waals surface area (Å²) in [6.07, 6.45) is -10.6. The van der Waals surface area contributed by atoms with Gasteiger partial charge in [-0.25, -0.2) is 0 Å². The van der Waals surface area contributed by atoms with E-state index in [1.54, 1.807) is 0 Å². The first-order chi connectivity index (χ1) is 7.96. The minimum absolute atomic E-state index is 1.37. The molecule has 0 spiro atoms. The summed E-state index contributed by atoms with van der Waals surface area (Å²) in [6.45, 7) is -6.89. The quantitative estimate of drug-likeness (QED) is 0.490. The van der Waals surface area contributed by atoms with Gasteiger partial charge in [0.2, 0.25) is 0 Å². The van der Waals surface area contributed by atoms with E-state index < -0.39 is 38.2 Å². The summed E-state index contributed by atoms with van der Waals surface area (Å²) >= 11 is 0. The molecule has 2 heteroatoms. The van der Waals surface area contributed by atoms with E-state index in [0.717, 1.165) is 0 Å². The predicted molar refractivity (Wildman–Crippen MR) is 32.4 cm³/mol. The molecule has 2 N–H and O–H groups in total. The van der Waals surface area contributed by atoms with Gasteiger partial charge in [-0.3, -0.25) is 5.32 Å². The molecule has 0 saturated carbocycles. The molecule has 2 nitrogen and oxygen atoms in total. The van der Waals surface area contributed by atoms with E-state index in [-0.39, 0.29) is 0 Å². The Morgan fingerprint density at radius 2 is 2.88 bits per heavy atom. The van der Waals surface area contributed by atoms with E-state index in [0.29, 0.717) is 0 Å². The highest BCUT2D eigenvalue weighted by molar-refractivity contribution is 4.67. The zero-order valence-electron chi connectivity index (χ0n) is 14.9. The summed E-state index contributed by atoms with van der Waals surface area (Å²) in [5.74, 6) is -3.55. The highest BCUT2D eigenvalue weighted by atomic mass is 16.3. The molecule has 0 bridgehead atoms. The fourth-order valence-electron chi connectivity index (χ4n) is 0.306. The van der Waals surface area contributed by atoms with E-state index in [1.165, 1.54) is 5.32 Å². The SMILES string of the molecule is [2H]C([2H])([2H])C1([2H])C([2H])([2H])NC([2H])(O)C([2H])([2H])C1([2H])[2H]. The van der Waals surface area contributed by atoms with Gasteiger partial charge in [0.25, 0.3) is 0 Å². The van der Waals surface area contributed by atoms with Crippen LogP contribution in [-0.4, -0.2) is 17.8 Å². The Morgan fingerprint density at radius 1 is 2.00 bits per heavy atom. The third-order valence-corrected chi connectivity index (χ3v) is 0.612. The van der Waals surface area contributed by atoms with E-state index in [4.69, 9.17) is 15.1 Å². The van der Waals surface area contributed by atoms with E-state index in [9.17, 15) is 5.11 Å². The second-order valence-corrected chi connectivity index (χ2v) is 1.22. The molecule has 1 aliphatic heterocycles. The van der Waals surface area contributed by atoms with Gasteiger partial charge in [0.05, 0.1) is 1.37 Å². The molecule has 1 saturated heterocycles. The van der Waals surface area contributed by atoms with Crippen molar-refractivity contribution >= 4 is 0 Å². The lowest BCUT2D eigenvalue weighted by Crippen LogP contribution is -2.37. The third kappa shape index (κ3) is 1.46. The van der Waals surface area contributed by atoms with Gasteiger partial charge >= 0.3 is 0 Å². The minimum Gasteiger partial charge on any atom is -0.379 e. The number of rotatable bonds is 0. The van der Waals surface area contributed by atoms with Gasteiger partial charge in [-0.15, -0.1) is 0 Å². The highest BCUT2D eigenvalue weighted by Gasteiger charge is 2.13. The normalized spacial score (nSPS) is 98.9. The van der Waals surface area contributed by atoms with Crippen molar-refractivity contribution in [1.82, 2.24) is 5.32 Å². The Balaban J connectivity index is 3.65. The topological polar surface area (TPSA) is 32.3 Å². The Labute approximate surface area is 65.4 Å². The maximum atomic E-state index is 9.50. The molecule has 1 aliphatic rings. The first-order valence-corrected chi connectivity index (χ1v) is 1.97. The van der Waals surface area contributed by atoms with Crippen LogP contribution in [-0.2, 0) is 0 Å². The first kappa shape index (κ1) is 1.06. The van der Waals surface area contributed by atoms with Crippen molar-refractivity contribution in [2.24, 2.45) is 5.89 Å². The van der Waals surface area contributed by atoms with Crippen molar-refractivity contribution in [3.8, 4) is 0 Å². The van der Waals surface area contributed by atoms with Gasteiger partial charge in [-0.1, -0.05) is 6.85 Å². The lowest BCUT2D eigenvalue weighted by atomic mass is 10.0. The van der Waals surface area contributed by atoms with Crippen molar-refractivity contribution in [2.75, 3.05) is 6.50 Å². The molecular weight excluding hydrogens is 102 g/mol. The summed E-state index contributed by atoms with van der Waals surface area (Å²) in [5.41, 5.74) is 0. The van der Waals surface area contributed by atoms with Crippen LogP contribution in [0.4, 0.5) is 0 Å². The van der Waals surface area contributed by atoms with Gasteiger partial charge in [0.1, 0.15) is 6.20 Å². The lowest BCUT2D eigenvalue weighted by molar-refractivity contribution is 0.0919. The van der Waals surface area contributed by atoms with Crippen molar-refractivity contribution in [3.05, 3.63) is 0 Å². The Morgan fingerprint density at radius 3 is 3.62 bits per heavy atom. The molecule has 8 heavy (non-hydrogen) atoms. The molecule has 1 heterocycles. The molecule has 0 amide bonds. The number of hydrogen-bond donors (Lipinski definition) is 2. The van der Waals surface area contributed by atoms with Crippen molar-refractivity contribution < 1.29 is 20.2 Å². The van der Waals surface area contributed by atoms with Crippen molar-refractivity contribution in [1.29, 1.82) is 0 Å². The molecule has 0 aromatic rings. The van der Waals surface area contributed by atoms with Crippen LogP contribution in [0, 0.1) is 5.89 Å². The lowest BCUT2D eigenvalue weighted by Gasteiger charge is -2.23. The number of piperidine rings is 1. The van der Waals surface area contributed by atoms with Crippen LogP contribution in [0.5, 0.6) is 0 Å². The van der Waals surface area contributed by atoms with E-state index >= 15 is 0 Å². The standard InChI is InChI=1S/C6H13NO/c1-5-2-3-6(8)7-4-5/h5-8H,2-4H2,1H3/i1D3,2D2,3D2,4D2,5D,6D. The van der Waals surface area contributed by atoms with Gasteiger partial charge in [-0.2, -0.15) is 0 Å². The number of aliphatic hydroxyl groups is 1. The second kappa shape index (κ2) is 2.46. The van der Waals surface area contributed by atoms with Crippen LogP contribution in [0.2, 0.25) is 0 Å². The summed E-state index contributed by atoms with van der Waals surface area (Å²) in [5, 5.41) is 10.9. The molecule has 0 aromatic heterocycles. The second-order valence-electron chi connectivity index (χ2n) is 1.22. The Kier molecular flexibility index (Phi) is 0.326. The van der Waals surface area contributed by atoms with Crippen LogP contribution in [0.25, 0.3) is 0 Å². The number of nitrogens with one attached hydrogen (secondary N) is 1. The fourth-order valence-corrected chi connectivity index (χ4v) is 0.306. The van der Waals surface area contributed by atoms with Gasteiger partial charge in [0, 0.05) is 20.2 Å². The average Bonchev–Trinajstić information content (AvgIpc) is 2.10. The summed E-state index contributed by atoms with van der Waals surface area (Å²) < 4.78 is 81.2. The van der Waals surface area contributed by atoms with Crippen LogP contribution in [0.1, 0.15) is 34.7 Å². The summed E-state index contributed by atoms with van der Waals surface area (Å²) in [7, 11) is 0. The molecular formula is C6H13NO. The molecule has 2 unspecified atom stereocenters. The molecule has 1 rings (SSSR count). The highest BCUT2D eigenvalue weighted by Crippen LogP contribution is 2.10. The monoisotopic (exact) mass is 126 g/mol. The van der Waals surface area contributed by atoms with Gasteiger partial charge < -0.3 is 5.11 Å². The van der Waals surface area contributed by atoms with Gasteiger partial charge in [-0.05, 0) is 18.6 Å². The molecule has 0 aromatic carbocycles. The third-order valence-electron chi connectivity index (χ3n) is 0.612. The maximum absolute atomic E-state index is 9.50. The van der Waals surface area contributed by atoms with Crippen LogP contribution in [0.15, 0.2) is 0 Å². The van der Waals surface area contributed by atoms with E-state index in [1.807, 2.05) is 0 Å². The van der Waals surface area contributed by atoms with Crippen molar-refractivity contribution in [3.63, 3.8) is 0 Å².